The molecule has 1 aliphatic heterocycles. The number of halogens is 1. The zero-order chi connectivity index (χ0) is 24.4. The van der Waals surface area contributed by atoms with Crippen LogP contribution in [0.5, 0.6) is 5.75 Å². The lowest BCUT2D eigenvalue weighted by molar-refractivity contribution is 0.0516. The van der Waals surface area contributed by atoms with Crippen LogP contribution in [0.3, 0.4) is 0 Å². The van der Waals surface area contributed by atoms with Crippen molar-refractivity contribution in [1.29, 1.82) is 0 Å². The third-order valence-corrected chi connectivity index (χ3v) is 6.14. The molecule has 0 fully saturated rings. The van der Waals surface area contributed by atoms with E-state index in [1.54, 1.807) is 19.4 Å². The number of allylic oxidation sites excluding steroid dienone is 1. The van der Waals surface area contributed by atoms with Crippen molar-refractivity contribution >= 4 is 28.5 Å². The quantitative estimate of drug-likeness (QED) is 0.326. The largest absolute Gasteiger partial charge is 0.505 e. The standard InChI is InChI=1S/C27H23ClN2O5/c1-2-34-27(32)25-26(31)20-13-21(18-8-10-19(28)11-9-18)30(23(20)14-29-25)22(24-15-33-16-35-24)12-17-6-4-3-5-7-17/h3-11,13-15,22,31H,2,12,16H2,1H3. The van der Waals surface area contributed by atoms with Gasteiger partial charge >= 0.3 is 5.97 Å². The van der Waals surface area contributed by atoms with E-state index in [0.29, 0.717) is 28.1 Å². The molecule has 0 aliphatic carbocycles. The second-order valence-corrected chi connectivity index (χ2v) is 8.47. The third kappa shape index (κ3) is 4.42. The Kier molecular flexibility index (Phi) is 6.33. The van der Waals surface area contributed by atoms with E-state index in [-0.39, 0.29) is 30.9 Å². The minimum absolute atomic E-state index is 0.126. The lowest BCUT2D eigenvalue weighted by atomic mass is 10.0. The molecule has 2 aromatic heterocycles. The molecule has 0 saturated heterocycles. The molecule has 3 heterocycles. The van der Waals surface area contributed by atoms with Gasteiger partial charge in [-0.1, -0.05) is 54.1 Å². The van der Waals surface area contributed by atoms with Gasteiger partial charge in [-0.3, -0.25) is 0 Å². The second kappa shape index (κ2) is 9.72. The van der Waals surface area contributed by atoms with Crippen molar-refractivity contribution in [1.82, 2.24) is 9.55 Å². The van der Waals surface area contributed by atoms with E-state index in [1.807, 2.05) is 65.2 Å². The Labute approximate surface area is 207 Å². The number of benzene rings is 2. The zero-order valence-corrected chi connectivity index (χ0v) is 19.7. The fourth-order valence-electron chi connectivity index (χ4n) is 4.29. The van der Waals surface area contributed by atoms with Crippen LogP contribution in [0.4, 0.5) is 0 Å². The summed E-state index contributed by atoms with van der Waals surface area (Å²) in [6.45, 7) is 2.01. The number of aromatic hydroxyl groups is 1. The average molecular weight is 491 g/mol. The molecule has 0 radical (unpaired) electrons. The van der Waals surface area contributed by atoms with Crippen LogP contribution >= 0.6 is 11.6 Å². The van der Waals surface area contributed by atoms with Gasteiger partial charge in [0, 0.05) is 22.5 Å². The summed E-state index contributed by atoms with van der Waals surface area (Å²) < 4.78 is 18.4. The highest BCUT2D eigenvalue weighted by atomic mass is 35.5. The molecule has 0 bridgehead atoms. The highest BCUT2D eigenvalue weighted by Crippen LogP contribution is 2.40. The van der Waals surface area contributed by atoms with Gasteiger partial charge in [0.05, 0.1) is 24.4 Å². The normalized spacial score (nSPS) is 13.7. The molecule has 178 valence electrons. The molecule has 1 atom stereocenters. The molecule has 5 rings (SSSR count). The Morgan fingerprint density at radius 2 is 1.97 bits per heavy atom. The predicted octanol–water partition coefficient (Wildman–Crippen LogP) is 5.87. The van der Waals surface area contributed by atoms with Gasteiger partial charge in [0.15, 0.2) is 17.2 Å². The minimum Gasteiger partial charge on any atom is -0.505 e. The molecule has 0 spiro atoms. The lowest BCUT2D eigenvalue weighted by Gasteiger charge is -2.23. The number of fused-ring (bicyclic) bond motifs is 1. The molecule has 1 aliphatic rings. The topological polar surface area (TPSA) is 82.8 Å². The molecule has 4 aromatic rings. The summed E-state index contributed by atoms with van der Waals surface area (Å²) in [5.74, 6) is -0.259. The number of carbonyl (C=O) groups excluding carboxylic acids is 1. The summed E-state index contributed by atoms with van der Waals surface area (Å²) in [4.78, 5) is 16.6. The number of esters is 1. The number of hydrogen-bond donors (Lipinski definition) is 1. The van der Waals surface area contributed by atoms with Crippen molar-refractivity contribution in [3.8, 4) is 17.0 Å². The molecular formula is C27H23ClN2O5. The Hall–Kier alpha value is -3.97. The summed E-state index contributed by atoms with van der Waals surface area (Å²) in [5.41, 5.74) is 3.28. The SMILES string of the molecule is CCOC(=O)c1ncc2c(cc(-c3ccc(Cl)cc3)n2C(Cc2ccccc2)C2=COCO2)c1O. The molecule has 2 aromatic carbocycles. The highest BCUT2D eigenvalue weighted by molar-refractivity contribution is 6.30. The Balaban J connectivity index is 1.74. The average Bonchev–Trinajstić information content (AvgIpc) is 3.53. The first kappa shape index (κ1) is 22.8. The number of nitrogens with zero attached hydrogens (tertiary/aromatic N) is 2. The summed E-state index contributed by atoms with van der Waals surface area (Å²) in [6, 6.07) is 19.0. The van der Waals surface area contributed by atoms with E-state index in [4.69, 9.17) is 25.8 Å². The number of hydrogen-bond acceptors (Lipinski definition) is 6. The van der Waals surface area contributed by atoms with Crippen LogP contribution in [-0.4, -0.2) is 34.0 Å². The second-order valence-electron chi connectivity index (χ2n) is 8.04. The van der Waals surface area contributed by atoms with E-state index in [9.17, 15) is 9.90 Å². The zero-order valence-electron chi connectivity index (χ0n) is 19.0. The first-order chi connectivity index (χ1) is 17.1. The van der Waals surface area contributed by atoms with Gasteiger partial charge in [0.1, 0.15) is 6.26 Å². The molecule has 0 saturated carbocycles. The van der Waals surface area contributed by atoms with Crippen molar-refractivity contribution in [2.75, 3.05) is 13.4 Å². The van der Waals surface area contributed by atoms with Crippen LogP contribution in [-0.2, 0) is 20.6 Å². The molecule has 35 heavy (non-hydrogen) atoms. The minimum atomic E-state index is -0.677. The fraction of sp³-hybridized carbons (Fsp3) is 0.185. The summed E-state index contributed by atoms with van der Waals surface area (Å²) in [5, 5.41) is 12.1. The number of carbonyl (C=O) groups is 1. The van der Waals surface area contributed by atoms with Gasteiger partial charge in [-0.2, -0.15) is 0 Å². The summed E-state index contributed by atoms with van der Waals surface area (Å²) in [6.07, 6.45) is 3.79. The van der Waals surface area contributed by atoms with E-state index in [2.05, 4.69) is 4.98 Å². The molecule has 7 nitrogen and oxygen atoms in total. The van der Waals surface area contributed by atoms with Gasteiger partial charge in [-0.25, -0.2) is 9.78 Å². The lowest BCUT2D eigenvalue weighted by Crippen LogP contribution is -2.16. The smallest absolute Gasteiger partial charge is 0.360 e. The van der Waals surface area contributed by atoms with Gasteiger partial charge < -0.3 is 23.9 Å². The first-order valence-electron chi connectivity index (χ1n) is 11.2. The fourth-order valence-corrected chi connectivity index (χ4v) is 4.41. The molecule has 1 unspecified atom stereocenters. The molecule has 1 N–H and O–H groups in total. The maximum absolute atomic E-state index is 12.4. The van der Waals surface area contributed by atoms with Crippen LogP contribution < -0.4 is 0 Å². The van der Waals surface area contributed by atoms with Crippen LogP contribution in [0.25, 0.3) is 22.2 Å². The van der Waals surface area contributed by atoms with Crippen molar-refractivity contribution < 1.29 is 24.1 Å². The summed E-state index contributed by atoms with van der Waals surface area (Å²) in [7, 11) is 0. The van der Waals surface area contributed by atoms with Crippen molar-refractivity contribution in [3.63, 3.8) is 0 Å². The number of ether oxygens (including phenoxy) is 3. The van der Waals surface area contributed by atoms with Gasteiger partial charge in [-0.05, 0) is 36.2 Å². The van der Waals surface area contributed by atoms with Gasteiger partial charge in [0.25, 0.3) is 0 Å². The highest BCUT2D eigenvalue weighted by Gasteiger charge is 2.29. The van der Waals surface area contributed by atoms with Gasteiger partial charge in [0.2, 0.25) is 6.79 Å². The maximum Gasteiger partial charge on any atom is 0.360 e. The maximum atomic E-state index is 12.4. The summed E-state index contributed by atoms with van der Waals surface area (Å²) >= 11 is 6.15. The first-order valence-corrected chi connectivity index (χ1v) is 11.6. The predicted molar refractivity (Wildman–Crippen MR) is 132 cm³/mol. The molecule has 0 amide bonds. The van der Waals surface area contributed by atoms with E-state index in [1.165, 1.54) is 0 Å². The monoisotopic (exact) mass is 490 g/mol. The van der Waals surface area contributed by atoms with E-state index in [0.717, 1.165) is 16.8 Å². The number of rotatable bonds is 7. The van der Waals surface area contributed by atoms with Crippen LogP contribution in [0.1, 0.15) is 29.0 Å². The van der Waals surface area contributed by atoms with Gasteiger partial charge in [-0.15, -0.1) is 0 Å². The Morgan fingerprint density at radius 3 is 2.66 bits per heavy atom. The number of pyridine rings is 1. The van der Waals surface area contributed by atoms with E-state index >= 15 is 0 Å². The van der Waals surface area contributed by atoms with Crippen LogP contribution in [0.2, 0.25) is 5.02 Å². The van der Waals surface area contributed by atoms with Crippen molar-refractivity contribution in [2.45, 2.75) is 19.4 Å². The van der Waals surface area contributed by atoms with Crippen molar-refractivity contribution in [2.24, 2.45) is 0 Å². The Morgan fingerprint density at radius 1 is 1.20 bits per heavy atom. The number of aromatic nitrogens is 2. The third-order valence-electron chi connectivity index (χ3n) is 5.89. The Bertz CT molecular complexity index is 1400. The van der Waals surface area contributed by atoms with Crippen LogP contribution in [0, 0.1) is 0 Å². The van der Waals surface area contributed by atoms with E-state index < -0.39 is 5.97 Å². The van der Waals surface area contributed by atoms with Crippen molar-refractivity contribution in [3.05, 3.63) is 95.2 Å². The molecule has 8 heteroatoms. The van der Waals surface area contributed by atoms with Crippen LogP contribution in [0.15, 0.2) is 78.9 Å². The molecular weight excluding hydrogens is 468 g/mol.